The Kier molecular flexibility index (Phi) is 4.99. The quantitative estimate of drug-likeness (QED) is 0.870. The molecule has 1 aromatic heterocycles. The van der Waals surface area contributed by atoms with Gasteiger partial charge in [-0.2, -0.15) is 0 Å². The lowest BCUT2D eigenvalue weighted by Gasteiger charge is -2.35. The number of hydrogen-bond donors (Lipinski definition) is 2. The number of carbonyl (C=O) groups excluding carboxylic acids is 1. The van der Waals surface area contributed by atoms with E-state index < -0.39 is 0 Å². The predicted molar refractivity (Wildman–Crippen MR) is 80.4 cm³/mol. The van der Waals surface area contributed by atoms with Crippen LogP contribution < -0.4 is 10.6 Å². The van der Waals surface area contributed by atoms with Gasteiger partial charge in [0.15, 0.2) is 0 Å². The van der Waals surface area contributed by atoms with Gasteiger partial charge < -0.3 is 10.6 Å². The van der Waals surface area contributed by atoms with Gasteiger partial charge in [-0.1, -0.05) is 13.8 Å². The molecule has 1 aromatic rings. The SMILES string of the molecule is CCc1ccc(CNC(=O)C2(CC)CCCNC2)s1. The Morgan fingerprint density at radius 2 is 2.21 bits per heavy atom. The van der Waals surface area contributed by atoms with Crippen LogP contribution in [0.3, 0.4) is 0 Å². The molecular formula is C15H24N2OS. The van der Waals surface area contributed by atoms with Gasteiger partial charge in [-0.15, -0.1) is 11.3 Å². The number of carbonyl (C=O) groups is 1. The first-order valence-electron chi connectivity index (χ1n) is 7.27. The zero-order chi connectivity index (χ0) is 13.7. The molecular weight excluding hydrogens is 256 g/mol. The molecule has 4 heteroatoms. The first-order chi connectivity index (χ1) is 9.20. The summed E-state index contributed by atoms with van der Waals surface area (Å²) in [5.74, 6) is 0.216. The lowest BCUT2D eigenvalue weighted by atomic mass is 9.77. The molecule has 0 aliphatic carbocycles. The Balaban J connectivity index is 1.92. The van der Waals surface area contributed by atoms with Crippen LogP contribution in [-0.2, 0) is 17.8 Å². The summed E-state index contributed by atoms with van der Waals surface area (Å²) in [7, 11) is 0. The molecule has 2 N–H and O–H groups in total. The average Bonchev–Trinajstić information content (AvgIpc) is 2.93. The second kappa shape index (κ2) is 6.53. The van der Waals surface area contributed by atoms with Gasteiger partial charge in [-0.3, -0.25) is 4.79 Å². The maximum atomic E-state index is 12.5. The summed E-state index contributed by atoms with van der Waals surface area (Å²) in [5, 5.41) is 6.49. The molecule has 1 amide bonds. The van der Waals surface area contributed by atoms with Gasteiger partial charge in [-0.05, 0) is 44.4 Å². The van der Waals surface area contributed by atoms with Crippen molar-refractivity contribution in [1.82, 2.24) is 10.6 Å². The zero-order valence-corrected chi connectivity index (χ0v) is 12.7. The van der Waals surface area contributed by atoms with E-state index in [4.69, 9.17) is 0 Å². The Labute approximate surface area is 119 Å². The number of aryl methyl sites for hydroxylation is 1. The summed E-state index contributed by atoms with van der Waals surface area (Å²) >= 11 is 1.80. The van der Waals surface area contributed by atoms with E-state index in [2.05, 4.69) is 36.6 Å². The maximum Gasteiger partial charge on any atom is 0.227 e. The van der Waals surface area contributed by atoms with E-state index in [1.807, 2.05) is 0 Å². The van der Waals surface area contributed by atoms with E-state index >= 15 is 0 Å². The lowest BCUT2D eigenvalue weighted by Crippen LogP contribution is -2.49. The van der Waals surface area contributed by atoms with Crippen molar-refractivity contribution in [3.05, 3.63) is 21.9 Å². The maximum absolute atomic E-state index is 12.5. The molecule has 1 saturated heterocycles. The fourth-order valence-electron chi connectivity index (χ4n) is 2.69. The van der Waals surface area contributed by atoms with E-state index in [9.17, 15) is 4.79 Å². The molecule has 0 aromatic carbocycles. The molecule has 2 rings (SSSR count). The summed E-state index contributed by atoms with van der Waals surface area (Å²) in [6.45, 7) is 6.81. The molecule has 2 heterocycles. The van der Waals surface area contributed by atoms with Crippen LogP contribution in [0.1, 0.15) is 42.9 Å². The summed E-state index contributed by atoms with van der Waals surface area (Å²) in [5.41, 5.74) is -0.191. The largest absolute Gasteiger partial charge is 0.351 e. The fourth-order valence-corrected chi connectivity index (χ4v) is 3.58. The van der Waals surface area contributed by atoms with Gasteiger partial charge >= 0.3 is 0 Å². The molecule has 0 bridgehead atoms. The minimum Gasteiger partial charge on any atom is -0.351 e. The Morgan fingerprint density at radius 1 is 1.42 bits per heavy atom. The molecule has 0 saturated carbocycles. The summed E-state index contributed by atoms with van der Waals surface area (Å²) in [6, 6.07) is 4.28. The van der Waals surface area contributed by atoms with Crippen molar-refractivity contribution in [3.8, 4) is 0 Å². The van der Waals surface area contributed by atoms with Crippen LogP contribution in [0.2, 0.25) is 0 Å². The minimum atomic E-state index is -0.191. The van der Waals surface area contributed by atoms with Crippen molar-refractivity contribution in [2.75, 3.05) is 13.1 Å². The van der Waals surface area contributed by atoms with Gasteiger partial charge in [0.25, 0.3) is 0 Å². The third-order valence-corrected chi connectivity index (χ3v) is 5.35. The molecule has 1 unspecified atom stereocenters. The van der Waals surface area contributed by atoms with E-state index in [1.54, 1.807) is 11.3 Å². The third kappa shape index (κ3) is 3.37. The molecule has 106 valence electrons. The number of rotatable bonds is 5. The van der Waals surface area contributed by atoms with E-state index in [1.165, 1.54) is 9.75 Å². The second-order valence-electron chi connectivity index (χ2n) is 5.32. The fraction of sp³-hybridized carbons (Fsp3) is 0.667. The van der Waals surface area contributed by atoms with Gasteiger partial charge in [-0.25, -0.2) is 0 Å². The van der Waals surface area contributed by atoms with E-state index in [0.717, 1.165) is 38.8 Å². The van der Waals surface area contributed by atoms with Crippen LogP contribution in [0.25, 0.3) is 0 Å². The number of thiophene rings is 1. The van der Waals surface area contributed by atoms with E-state index in [-0.39, 0.29) is 11.3 Å². The van der Waals surface area contributed by atoms with Crippen LogP contribution in [0.4, 0.5) is 0 Å². The van der Waals surface area contributed by atoms with Crippen LogP contribution in [0.15, 0.2) is 12.1 Å². The number of nitrogens with one attached hydrogen (secondary N) is 2. The van der Waals surface area contributed by atoms with Crippen molar-refractivity contribution in [2.24, 2.45) is 5.41 Å². The first kappa shape index (κ1) is 14.5. The highest BCUT2D eigenvalue weighted by atomic mass is 32.1. The van der Waals surface area contributed by atoms with Gasteiger partial charge in [0.05, 0.1) is 12.0 Å². The minimum absolute atomic E-state index is 0.191. The van der Waals surface area contributed by atoms with Crippen molar-refractivity contribution in [1.29, 1.82) is 0 Å². The highest BCUT2D eigenvalue weighted by Crippen LogP contribution is 2.30. The predicted octanol–water partition coefficient (Wildman–Crippen LogP) is 2.71. The molecule has 1 fully saturated rings. The second-order valence-corrected chi connectivity index (χ2v) is 6.57. The van der Waals surface area contributed by atoms with Gasteiger partial charge in [0, 0.05) is 16.3 Å². The average molecular weight is 280 g/mol. The molecule has 19 heavy (non-hydrogen) atoms. The topological polar surface area (TPSA) is 41.1 Å². The Hall–Kier alpha value is -0.870. The van der Waals surface area contributed by atoms with Crippen LogP contribution in [0.5, 0.6) is 0 Å². The van der Waals surface area contributed by atoms with Crippen LogP contribution >= 0.6 is 11.3 Å². The highest BCUT2D eigenvalue weighted by molar-refractivity contribution is 7.11. The van der Waals surface area contributed by atoms with Crippen LogP contribution in [0, 0.1) is 5.41 Å². The van der Waals surface area contributed by atoms with Crippen molar-refractivity contribution >= 4 is 17.2 Å². The van der Waals surface area contributed by atoms with Gasteiger partial charge in [0.1, 0.15) is 0 Å². The molecule has 1 aliphatic rings. The van der Waals surface area contributed by atoms with Crippen molar-refractivity contribution in [3.63, 3.8) is 0 Å². The normalized spacial score (nSPS) is 23.3. The summed E-state index contributed by atoms with van der Waals surface area (Å²) in [4.78, 5) is 15.1. The zero-order valence-electron chi connectivity index (χ0n) is 11.9. The molecule has 0 radical (unpaired) electrons. The van der Waals surface area contributed by atoms with Crippen molar-refractivity contribution < 1.29 is 4.79 Å². The van der Waals surface area contributed by atoms with Gasteiger partial charge in [0.2, 0.25) is 5.91 Å². The lowest BCUT2D eigenvalue weighted by molar-refractivity contribution is -0.132. The first-order valence-corrected chi connectivity index (χ1v) is 8.08. The number of piperidine rings is 1. The standard InChI is InChI=1S/C15H24N2OS/c1-3-12-6-7-13(19-12)10-17-14(18)15(4-2)8-5-9-16-11-15/h6-7,16H,3-5,8-11H2,1-2H3,(H,17,18). The Morgan fingerprint density at radius 3 is 2.79 bits per heavy atom. The van der Waals surface area contributed by atoms with Crippen LogP contribution in [-0.4, -0.2) is 19.0 Å². The highest BCUT2D eigenvalue weighted by Gasteiger charge is 2.37. The molecule has 1 aliphatic heterocycles. The number of hydrogen-bond acceptors (Lipinski definition) is 3. The molecule has 1 atom stereocenters. The Bertz CT molecular complexity index is 422. The monoisotopic (exact) mass is 280 g/mol. The molecule has 0 spiro atoms. The molecule has 3 nitrogen and oxygen atoms in total. The summed E-state index contributed by atoms with van der Waals surface area (Å²) < 4.78 is 0. The van der Waals surface area contributed by atoms with Crippen molar-refractivity contribution in [2.45, 2.75) is 46.1 Å². The number of amides is 1. The third-order valence-electron chi connectivity index (χ3n) is 4.12. The summed E-state index contributed by atoms with van der Waals surface area (Å²) in [6.07, 6.45) is 4.09. The van der Waals surface area contributed by atoms with E-state index in [0.29, 0.717) is 6.54 Å². The smallest absolute Gasteiger partial charge is 0.227 e.